The van der Waals surface area contributed by atoms with Gasteiger partial charge in [0.05, 0.1) is 5.48 Å². The molecule has 0 saturated carbocycles. The van der Waals surface area contributed by atoms with Gasteiger partial charge in [-0.15, -0.1) is 53.6 Å². The monoisotopic (exact) mass is 1080 g/mol. The number of para-hydroxylation sites is 4. The third-order valence-electron chi connectivity index (χ3n) is 12.5. The molecule has 10 aromatic rings. The molecule has 1 aliphatic rings. The summed E-state index contributed by atoms with van der Waals surface area (Å²) in [7, 11) is 0. The molecular formula is C62H50FN4OPt-3. The van der Waals surface area contributed by atoms with Crippen LogP contribution in [0.5, 0.6) is 11.5 Å². The van der Waals surface area contributed by atoms with Crippen molar-refractivity contribution in [3.63, 3.8) is 0 Å². The van der Waals surface area contributed by atoms with Gasteiger partial charge in [0.25, 0.3) is 0 Å². The number of benzene rings is 8. The Labute approximate surface area is 424 Å². The average Bonchev–Trinajstić information content (AvgIpc) is 3.91. The number of rotatable bonds is 8. The number of hydrogen-bond donors (Lipinski definition) is 0. The van der Waals surface area contributed by atoms with E-state index >= 15 is 0 Å². The smallest absolute Gasteiger partial charge is 0.135 e. The van der Waals surface area contributed by atoms with Crippen LogP contribution in [-0.4, -0.2) is 9.55 Å². The number of anilines is 4. The second-order valence-corrected chi connectivity index (χ2v) is 19.2. The van der Waals surface area contributed by atoms with Crippen molar-refractivity contribution >= 4 is 44.6 Å². The third kappa shape index (κ3) is 8.64. The van der Waals surface area contributed by atoms with Crippen LogP contribution < -0.4 is 14.5 Å². The summed E-state index contributed by atoms with van der Waals surface area (Å²) >= 11 is 0. The molecule has 0 bridgehead atoms. The van der Waals surface area contributed by atoms with Crippen LogP contribution in [0.2, 0.25) is 0 Å². The number of fused-ring (bicyclic) bond motifs is 4. The van der Waals surface area contributed by atoms with E-state index in [0.717, 1.165) is 72.5 Å². The first-order chi connectivity index (χ1) is 34.5. The van der Waals surface area contributed by atoms with E-state index < -0.39 is 5.41 Å². The maximum absolute atomic E-state index is 14.4. The van der Waals surface area contributed by atoms with Gasteiger partial charge in [0, 0.05) is 72.5 Å². The van der Waals surface area contributed by atoms with Crippen molar-refractivity contribution in [1.29, 1.82) is 0 Å². The summed E-state index contributed by atoms with van der Waals surface area (Å²) in [6.07, 6.45) is 1.84. The summed E-state index contributed by atoms with van der Waals surface area (Å²) in [5.41, 5.74) is 9.76. The number of ether oxygens (including phenoxy) is 1. The molecule has 5 nitrogen and oxygen atoms in total. The Kier molecular flexibility index (Phi) is 10.6. The van der Waals surface area contributed by atoms with E-state index in [1.54, 1.807) is 18.2 Å². The van der Waals surface area contributed by atoms with Crippen molar-refractivity contribution < 1.29 is 35.7 Å². The number of halogens is 1. The number of aromatic nitrogens is 2. The zero-order chi connectivity index (χ0) is 50.2. The van der Waals surface area contributed by atoms with Crippen molar-refractivity contribution in [3.8, 4) is 50.7 Å². The zero-order valence-electron chi connectivity index (χ0n) is 43.1. The van der Waals surface area contributed by atoms with Crippen LogP contribution >= 0.6 is 0 Å². The van der Waals surface area contributed by atoms with Crippen LogP contribution in [0.15, 0.2) is 188 Å². The molecule has 2 aromatic heterocycles. The summed E-state index contributed by atoms with van der Waals surface area (Å²) < 4.78 is 60.7. The Morgan fingerprint density at radius 1 is 0.565 bits per heavy atom. The first-order valence-corrected chi connectivity index (χ1v) is 22.8. The minimum Gasteiger partial charge on any atom is -0.509 e. The van der Waals surface area contributed by atoms with Gasteiger partial charge in [-0.25, -0.2) is 9.37 Å². The predicted molar refractivity (Wildman–Crippen MR) is 278 cm³/mol. The summed E-state index contributed by atoms with van der Waals surface area (Å²) in [4.78, 5) is 8.99. The van der Waals surface area contributed by atoms with Gasteiger partial charge in [0.15, 0.2) is 0 Å². The zero-order valence-corrected chi connectivity index (χ0v) is 41.3. The molecule has 0 saturated heterocycles. The van der Waals surface area contributed by atoms with E-state index in [-0.39, 0.29) is 67.8 Å². The summed E-state index contributed by atoms with van der Waals surface area (Å²) in [5.74, 6) is 1.10. The molecule has 11 rings (SSSR count). The molecule has 0 radical (unpaired) electrons. The first-order valence-electron chi connectivity index (χ1n) is 24.8. The number of nitrogens with zero attached hydrogens (tertiary/aromatic N) is 4. The van der Waals surface area contributed by atoms with Crippen LogP contribution in [0.3, 0.4) is 0 Å². The predicted octanol–water partition coefficient (Wildman–Crippen LogP) is 16.7. The van der Waals surface area contributed by atoms with Crippen LogP contribution in [0.25, 0.3) is 61.0 Å². The molecule has 0 amide bonds. The molecule has 3 heterocycles. The van der Waals surface area contributed by atoms with Gasteiger partial charge in [-0.1, -0.05) is 162 Å². The second-order valence-electron chi connectivity index (χ2n) is 19.2. The topological polar surface area (TPSA) is 33.5 Å². The van der Waals surface area contributed by atoms with Crippen LogP contribution in [0.1, 0.15) is 58.2 Å². The molecule has 69 heavy (non-hydrogen) atoms. The maximum Gasteiger partial charge on any atom is 0.135 e. The summed E-state index contributed by atoms with van der Waals surface area (Å²) in [6, 6.07) is 57.3. The fourth-order valence-electron chi connectivity index (χ4n) is 8.98. The standard InChI is InChI=1S/C62H50FN4O.Pt/c1-61(2,3)45-27-23-41(24-28-45)44-35-48(38-50(36-44)68-49-31-32-54-53-17-10-11-20-55(53)67(58(54)39-49)59-37-46(33-34-64-59)62(4,5)6)65-40-66(57-22-13-12-21-56(57)65)60-51(42-15-8-7-9-16-42)18-14-19-52(60)43-25-29-47(63)30-26-43;/h7-37,40H,1-6H3;/q-3;/i23D,24D,27D,28D;. The molecule has 1 aliphatic heterocycles. The van der Waals surface area contributed by atoms with Crippen molar-refractivity contribution in [2.45, 2.75) is 52.4 Å². The first kappa shape index (κ1) is 40.8. The Morgan fingerprint density at radius 2 is 1.22 bits per heavy atom. The number of pyridine rings is 1. The van der Waals surface area contributed by atoms with Crippen molar-refractivity contribution in [2.75, 3.05) is 9.80 Å². The van der Waals surface area contributed by atoms with Gasteiger partial charge < -0.3 is 19.1 Å². The van der Waals surface area contributed by atoms with Crippen molar-refractivity contribution in [1.82, 2.24) is 9.55 Å². The van der Waals surface area contributed by atoms with Gasteiger partial charge in [-0.2, -0.15) is 6.07 Å². The quantitative estimate of drug-likeness (QED) is 0.142. The summed E-state index contributed by atoms with van der Waals surface area (Å²) in [5, 5.41) is 2.02. The molecule has 344 valence electrons. The average molecular weight is 1090 g/mol. The van der Waals surface area contributed by atoms with Gasteiger partial charge >= 0.3 is 0 Å². The van der Waals surface area contributed by atoms with Gasteiger partial charge in [0.2, 0.25) is 0 Å². The van der Waals surface area contributed by atoms with Crippen LogP contribution in [-0.2, 0) is 31.9 Å². The van der Waals surface area contributed by atoms with E-state index in [4.69, 9.17) is 9.72 Å². The van der Waals surface area contributed by atoms with Crippen molar-refractivity contribution in [2.24, 2.45) is 0 Å². The number of hydrogen-bond acceptors (Lipinski definition) is 4. The molecular weight excluding hydrogens is 1030 g/mol. The normalized spacial score (nSPS) is 13.4. The largest absolute Gasteiger partial charge is 0.509 e. The molecule has 0 atom stereocenters. The Balaban J connectivity index is 0.00000611. The van der Waals surface area contributed by atoms with E-state index in [9.17, 15) is 9.87 Å². The molecule has 8 aromatic carbocycles. The molecule has 0 spiro atoms. The van der Waals surface area contributed by atoms with Gasteiger partial charge in [0.1, 0.15) is 11.6 Å². The second kappa shape index (κ2) is 18.0. The van der Waals surface area contributed by atoms with E-state index in [2.05, 4.69) is 78.8 Å². The fourth-order valence-corrected chi connectivity index (χ4v) is 8.98. The van der Waals surface area contributed by atoms with Crippen molar-refractivity contribution in [3.05, 3.63) is 224 Å². The van der Waals surface area contributed by atoms with Gasteiger partial charge in [-0.3, -0.25) is 0 Å². The van der Waals surface area contributed by atoms with Crippen LogP contribution in [0.4, 0.5) is 27.1 Å². The Bertz CT molecular complexity index is 3720. The molecule has 0 unspecified atom stereocenters. The Morgan fingerprint density at radius 3 is 1.93 bits per heavy atom. The summed E-state index contributed by atoms with van der Waals surface area (Å²) in [6.45, 7) is 14.2. The molecule has 0 N–H and O–H groups in total. The van der Waals surface area contributed by atoms with Crippen LogP contribution in [0, 0.1) is 24.6 Å². The van der Waals surface area contributed by atoms with E-state index in [1.165, 1.54) is 12.1 Å². The molecule has 0 fully saturated rings. The minimum atomic E-state index is -0.650. The van der Waals surface area contributed by atoms with E-state index in [0.29, 0.717) is 22.6 Å². The Hall–Kier alpha value is -7.27. The third-order valence-corrected chi connectivity index (χ3v) is 12.5. The van der Waals surface area contributed by atoms with E-state index in [1.807, 2.05) is 130 Å². The minimum absolute atomic E-state index is 0. The molecule has 0 aliphatic carbocycles. The molecule has 7 heteroatoms. The van der Waals surface area contributed by atoms with Gasteiger partial charge in [-0.05, 0) is 86.5 Å². The maximum atomic E-state index is 14.4. The SMILES string of the molecule is [2H]c1c([2H])c(C(C)(C)C)c([2H])c([2H])c1-c1cc(Oc2[c-]c3c(cc2)c2ccccc2n3-c2cc(C(C)(C)C)ccn2)[c-]c(N2[CH-]N(c3c(-c4ccccc4)cccc3-c3ccc(F)cc3)c3ccccc32)c1.[Pt]. The fraction of sp³-hybridized carbons (Fsp3) is 0.129.